The molecule has 4 nitrogen and oxygen atoms in total. The number of hydrogen-bond donors (Lipinski definition) is 0. The summed E-state index contributed by atoms with van der Waals surface area (Å²) < 4.78 is 7.88. The van der Waals surface area contributed by atoms with Gasteiger partial charge in [0.1, 0.15) is 0 Å². The van der Waals surface area contributed by atoms with Crippen LogP contribution in [0, 0.1) is 0 Å². The fraction of sp³-hybridized carbons (Fsp3) is 0.353. The molecule has 0 aliphatic carbocycles. The molecule has 0 saturated carbocycles. The molecule has 0 N–H and O–H groups in total. The van der Waals surface area contributed by atoms with Crippen molar-refractivity contribution in [2.24, 2.45) is 0 Å². The Kier molecular flexibility index (Phi) is 3.70. The van der Waals surface area contributed by atoms with Crippen molar-refractivity contribution >= 4 is 16.3 Å². The minimum Gasteiger partial charge on any atom is -0.376 e. The van der Waals surface area contributed by atoms with Gasteiger partial charge in [-0.1, -0.05) is 30.3 Å². The summed E-state index contributed by atoms with van der Waals surface area (Å²) in [7, 11) is 0. The van der Waals surface area contributed by atoms with Crippen LogP contribution in [0.25, 0.3) is 16.2 Å². The van der Waals surface area contributed by atoms with E-state index in [-0.39, 0.29) is 0 Å². The molecule has 2 aromatic heterocycles. The highest BCUT2D eigenvalue weighted by molar-refractivity contribution is 7.15. The lowest BCUT2D eigenvalue weighted by molar-refractivity contribution is -0.0216. The highest BCUT2D eigenvalue weighted by atomic mass is 32.1. The van der Waals surface area contributed by atoms with Gasteiger partial charge < -0.3 is 4.74 Å². The van der Waals surface area contributed by atoms with E-state index in [0.717, 1.165) is 36.9 Å². The number of benzene rings is 1. The van der Waals surface area contributed by atoms with E-state index in [1.54, 1.807) is 11.3 Å². The Morgan fingerprint density at radius 1 is 1.32 bits per heavy atom. The van der Waals surface area contributed by atoms with E-state index in [9.17, 15) is 0 Å². The molecular weight excluding hydrogens is 294 g/mol. The van der Waals surface area contributed by atoms with Gasteiger partial charge in [-0.15, -0.1) is 11.3 Å². The molecule has 3 heterocycles. The quantitative estimate of drug-likeness (QED) is 0.743. The topological polar surface area (TPSA) is 29.8 Å². The SMILES string of the molecule is CC1CN(Cc2c(-c3ccccc3)nc3sccn23)CCO1. The van der Waals surface area contributed by atoms with Crippen LogP contribution in [-0.4, -0.2) is 40.1 Å². The van der Waals surface area contributed by atoms with Gasteiger partial charge in [-0.2, -0.15) is 0 Å². The molecule has 4 rings (SSSR count). The van der Waals surface area contributed by atoms with Gasteiger partial charge in [0.15, 0.2) is 4.96 Å². The van der Waals surface area contributed by atoms with Crippen molar-refractivity contribution in [2.75, 3.05) is 19.7 Å². The standard InChI is InChI=1S/C17H19N3OS/c1-13-11-19(7-9-21-13)12-15-16(14-5-3-2-4-6-14)18-17-20(15)8-10-22-17/h2-6,8,10,13H,7,9,11-12H2,1H3. The number of rotatable bonds is 3. The van der Waals surface area contributed by atoms with Gasteiger partial charge in [-0.3, -0.25) is 9.30 Å². The lowest BCUT2D eigenvalue weighted by atomic mass is 10.1. The number of morpholine rings is 1. The maximum atomic E-state index is 5.65. The van der Waals surface area contributed by atoms with Crippen molar-refractivity contribution in [1.29, 1.82) is 0 Å². The molecule has 1 fully saturated rings. The van der Waals surface area contributed by atoms with Gasteiger partial charge in [0, 0.05) is 36.8 Å². The third kappa shape index (κ3) is 2.56. The van der Waals surface area contributed by atoms with E-state index in [1.165, 1.54) is 11.3 Å². The predicted molar refractivity (Wildman–Crippen MR) is 89.2 cm³/mol. The molecule has 1 saturated heterocycles. The van der Waals surface area contributed by atoms with Crippen LogP contribution in [0.2, 0.25) is 0 Å². The lowest BCUT2D eigenvalue weighted by Crippen LogP contribution is -2.40. The molecule has 1 aromatic carbocycles. The molecular formula is C17H19N3OS. The summed E-state index contributed by atoms with van der Waals surface area (Å²) in [5.74, 6) is 0. The Morgan fingerprint density at radius 2 is 2.18 bits per heavy atom. The van der Waals surface area contributed by atoms with Crippen molar-refractivity contribution < 1.29 is 4.74 Å². The summed E-state index contributed by atoms with van der Waals surface area (Å²) in [4.78, 5) is 8.38. The number of imidazole rings is 1. The van der Waals surface area contributed by atoms with Crippen LogP contribution in [-0.2, 0) is 11.3 Å². The number of ether oxygens (including phenoxy) is 1. The van der Waals surface area contributed by atoms with E-state index < -0.39 is 0 Å². The Hall–Kier alpha value is -1.69. The molecule has 0 radical (unpaired) electrons. The average Bonchev–Trinajstić information content (AvgIpc) is 3.11. The number of hydrogen-bond acceptors (Lipinski definition) is 4. The maximum Gasteiger partial charge on any atom is 0.194 e. The van der Waals surface area contributed by atoms with Gasteiger partial charge in [0.2, 0.25) is 0 Å². The predicted octanol–water partition coefficient (Wildman–Crippen LogP) is 3.28. The molecule has 114 valence electrons. The molecule has 0 bridgehead atoms. The summed E-state index contributed by atoms with van der Waals surface area (Å²) in [6.07, 6.45) is 2.43. The number of fused-ring (bicyclic) bond motifs is 1. The van der Waals surface area contributed by atoms with Gasteiger partial charge >= 0.3 is 0 Å². The fourth-order valence-electron chi connectivity index (χ4n) is 3.06. The van der Waals surface area contributed by atoms with E-state index >= 15 is 0 Å². The third-order valence-electron chi connectivity index (χ3n) is 4.11. The van der Waals surface area contributed by atoms with Gasteiger partial charge in [-0.25, -0.2) is 4.98 Å². The van der Waals surface area contributed by atoms with Gasteiger partial charge in [0.05, 0.1) is 24.1 Å². The number of nitrogens with zero attached hydrogens (tertiary/aromatic N) is 3. The van der Waals surface area contributed by atoms with Crippen molar-refractivity contribution in [2.45, 2.75) is 19.6 Å². The number of aromatic nitrogens is 2. The molecule has 1 aliphatic heterocycles. The second-order valence-electron chi connectivity index (χ2n) is 5.75. The van der Waals surface area contributed by atoms with Crippen LogP contribution in [0.15, 0.2) is 41.9 Å². The zero-order valence-corrected chi connectivity index (χ0v) is 13.4. The summed E-state index contributed by atoms with van der Waals surface area (Å²) in [6.45, 7) is 5.83. The highest BCUT2D eigenvalue weighted by Crippen LogP contribution is 2.28. The van der Waals surface area contributed by atoms with Crippen LogP contribution in [0.1, 0.15) is 12.6 Å². The van der Waals surface area contributed by atoms with Crippen LogP contribution in [0.3, 0.4) is 0 Å². The summed E-state index contributed by atoms with van der Waals surface area (Å²) in [5, 5.41) is 2.10. The zero-order valence-electron chi connectivity index (χ0n) is 12.6. The van der Waals surface area contributed by atoms with E-state index in [4.69, 9.17) is 9.72 Å². The maximum absolute atomic E-state index is 5.65. The first-order chi connectivity index (χ1) is 10.8. The van der Waals surface area contributed by atoms with Crippen LogP contribution < -0.4 is 0 Å². The minimum atomic E-state index is 0.305. The minimum absolute atomic E-state index is 0.305. The van der Waals surface area contributed by atoms with Crippen LogP contribution >= 0.6 is 11.3 Å². The Balaban J connectivity index is 1.73. The normalized spacial score (nSPS) is 19.8. The largest absolute Gasteiger partial charge is 0.376 e. The molecule has 0 amide bonds. The molecule has 1 aliphatic rings. The zero-order chi connectivity index (χ0) is 14.9. The van der Waals surface area contributed by atoms with Gasteiger partial charge in [0.25, 0.3) is 0 Å². The molecule has 5 heteroatoms. The van der Waals surface area contributed by atoms with E-state index in [2.05, 4.69) is 52.1 Å². The third-order valence-corrected chi connectivity index (χ3v) is 4.86. The van der Waals surface area contributed by atoms with Crippen LogP contribution in [0.4, 0.5) is 0 Å². The fourth-order valence-corrected chi connectivity index (χ4v) is 3.79. The van der Waals surface area contributed by atoms with E-state index in [0.29, 0.717) is 6.10 Å². The first-order valence-corrected chi connectivity index (χ1v) is 8.53. The lowest BCUT2D eigenvalue weighted by Gasteiger charge is -2.31. The molecule has 1 atom stereocenters. The first kappa shape index (κ1) is 13.9. The summed E-state index contributed by atoms with van der Waals surface area (Å²) in [6, 6.07) is 10.5. The number of thiazole rings is 1. The average molecular weight is 313 g/mol. The molecule has 22 heavy (non-hydrogen) atoms. The second-order valence-corrected chi connectivity index (χ2v) is 6.62. The second kappa shape index (κ2) is 5.83. The highest BCUT2D eigenvalue weighted by Gasteiger charge is 2.21. The van der Waals surface area contributed by atoms with E-state index in [1.807, 2.05) is 6.07 Å². The smallest absolute Gasteiger partial charge is 0.194 e. The Morgan fingerprint density at radius 3 is 3.00 bits per heavy atom. The Bertz CT molecular complexity index is 765. The van der Waals surface area contributed by atoms with Crippen molar-refractivity contribution in [3.8, 4) is 11.3 Å². The van der Waals surface area contributed by atoms with Crippen molar-refractivity contribution in [3.05, 3.63) is 47.6 Å². The Labute approximate surface area is 134 Å². The van der Waals surface area contributed by atoms with Crippen molar-refractivity contribution in [1.82, 2.24) is 14.3 Å². The van der Waals surface area contributed by atoms with Crippen molar-refractivity contribution in [3.63, 3.8) is 0 Å². The van der Waals surface area contributed by atoms with Crippen LogP contribution in [0.5, 0.6) is 0 Å². The summed E-state index contributed by atoms with van der Waals surface area (Å²) >= 11 is 1.69. The monoisotopic (exact) mass is 313 g/mol. The first-order valence-electron chi connectivity index (χ1n) is 7.65. The van der Waals surface area contributed by atoms with Gasteiger partial charge in [-0.05, 0) is 6.92 Å². The molecule has 0 spiro atoms. The molecule has 3 aromatic rings. The summed E-state index contributed by atoms with van der Waals surface area (Å²) in [5.41, 5.74) is 3.57. The molecule has 1 unspecified atom stereocenters.